The van der Waals surface area contributed by atoms with Crippen LogP contribution in [-0.2, 0) is 4.74 Å². The van der Waals surface area contributed by atoms with Crippen molar-refractivity contribution in [1.82, 2.24) is 5.32 Å². The first-order chi connectivity index (χ1) is 12.2. The van der Waals surface area contributed by atoms with Gasteiger partial charge in [0.25, 0.3) is 0 Å². The number of hydrogen-bond acceptors (Lipinski definition) is 3. The summed E-state index contributed by atoms with van der Waals surface area (Å²) in [4.78, 5) is 0. The summed E-state index contributed by atoms with van der Waals surface area (Å²) in [5.74, 6) is 0. The van der Waals surface area contributed by atoms with Crippen molar-refractivity contribution < 1.29 is 9.84 Å². The van der Waals surface area contributed by atoms with E-state index in [2.05, 4.69) is 24.4 Å². The number of aliphatic hydroxyl groups excluding tert-OH is 1. The monoisotopic (exact) mass is 353 g/mol. The van der Waals surface area contributed by atoms with Gasteiger partial charge < -0.3 is 9.84 Å². The van der Waals surface area contributed by atoms with Crippen molar-refractivity contribution in [2.45, 2.75) is 116 Å². The summed E-state index contributed by atoms with van der Waals surface area (Å²) in [5, 5.41) is 12.7. The molecule has 2 atom stereocenters. The first-order valence-corrected chi connectivity index (χ1v) is 10.9. The molecular formula is C22H43NO2. The van der Waals surface area contributed by atoms with Gasteiger partial charge in [-0.2, -0.15) is 0 Å². The number of allylic oxidation sites excluding steroid dienone is 2. The van der Waals surface area contributed by atoms with Crippen molar-refractivity contribution in [3.8, 4) is 0 Å². The third-order valence-corrected chi connectivity index (χ3v) is 5.19. The van der Waals surface area contributed by atoms with E-state index in [9.17, 15) is 5.11 Å². The average molecular weight is 354 g/mol. The lowest BCUT2D eigenvalue weighted by atomic mass is 10.1. The van der Waals surface area contributed by atoms with Gasteiger partial charge in [0, 0.05) is 0 Å². The Morgan fingerprint density at radius 2 is 1.48 bits per heavy atom. The molecule has 2 unspecified atom stereocenters. The molecule has 3 nitrogen and oxygen atoms in total. The van der Waals surface area contributed by atoms with Gasteiger partial charge in [0.1, 0.15) is 6.23 Å². The molecule has 1 aliphatic heterocycles. The van der Waals surface area contributed by atoms with Crippen molar-refractivity contribution in [2.75, 3.05) is 13.2 Å². The minimum atomic E-state index is -0.230. The SMILES string of the molecule is CCCCCCCC/C=C/CCCCCCCC1NC(C)(CO)CO1. The highest BCUT2D eigenvalue weighted by Crippen LogP contribution is 2.18. The quantitative estimate of drug-likeness (QED) is 0.275. The van der Waals surface area contributed by atoms with E-state index >= 15 is 0 Å². The van der Waals surface area contributed by atoms with Crippen LogP contribution in [0.3, 0.4) is 0 Å². The van der Waals surface area contributed by atoms with E-state index in [1.807, 2.05) is 6.92 Å². The fourth-order valence-corrected chi connectivity index (χ4v) is 3.40. The van der Waals surface area contributed by atoms with Gasteiger partial charge in [0.15, 0.2) is 0 Å². The lowest BCUT2D eigenvalue weighted by Gasteiger charge is -2.20. The van der Waals surface area contributed by atoms with Crippen molar-refractivity contribution >= 4 is 0 Å². The van der Waals surface area contributed by atoms with E-state index in [4.69, 9.17) is 4.74 Å². The smallest absolute Gasteiger partial charge is 0.108 e. The zero-order chi connectivity index (χ0) is 18.2. The topological polar surface area (TPSA) is 41.5 Å². The van der Waals surface area contributed by atoms with Gasteiger partial charge in [-0.3, -0.25) is 5.32 Å². The van der Waals surface area contributed by atoms with Crippen LogP contribution in [-0.4, -0.2) is 30.1 Å². The van der Waals surface area contributed by atoms with Gasteiger partial charge in [-0.1, -0.05) is 70.4 Å². The summed E-state index contributed by atoms with van der Waals surface area (Å²) in [6, 6.07) is 0. The molecule has 0 amide bonds. The van der Waals surface area contributed by atoms with Gasteiger partial charge >= 0.3 is 0 Å². The van der Waals surface area contributed by atoms with Crippen LogP contribution in [0.4, 0.5) is 0 Å². The van der Waals surface area contributed by atoms with Gasteiger partial charge in [0.2, 0.25) is 0 Å². The van der Waals surface area contributed by atoms with E-state index in [0.29, 0.717) is 6.61 Å². The molecule has 1 fully saturated rings. The fraction of sp³-hybridized carbons (Fsp3) is 0.909. The minimum absolute atomic E-state index is 0.141. The largest absolute Gasteiger partial charge is 0.394 e. The maximum absolute atomic E-state index is 9.30. The molecule has 1 rings (SSSR count). The lowest BCUT2D eigenvalue weighted by molar-refractivity contribution is 0.0860. The number of nitrogens with one attached hydrogen (secondary N) is 1. The average Bonchev–Trinajstić information content (AvgIpc) is 3.00. The van der Waals surface area contributed by atoms with Crippen LogP contribution in [0, 0.1) is 0 Å². The van der Waals surface area contributed by atoms with E-state index in [1.165, 1.54) is 83.5 Å². The maximum atomic E-state index is 9.30. The standard InChI is InChI=1S/C22H43NO2/c1-3-4-5-6-7-8-9-10-11-12-13-14-15-16-17-18-21-23-22(2,19-24)20-25-21/h10-11,21,23-24H,3-9,12-20H2,1-2H3/b11-10+. The van der Waals surface area contributed by atoms with E-state index < -0.39 is 0 Å². The van der Waals surface area contributed by atoms with E-state index in [1.54, 1.807) is 0 Å². The molecule has 1 aliphatic rings. The summed E-state index contributed by atoms with van der Waals surface area (Å²) >= 11 is 0. The summed E-state index contributed by atoms with van der Waals surface area (Å²) in [6.07, 6.45) is 23.4. The van der Waals surface area contributed by atoms with Gasteiger partial charge in [-0.25, -0.2) is 0 Å². The number of rotatable bonds is 16. The molecule has 0 radical (unpaired) electrons. The molecular weight excluding hydrogens is 310 g/mol. The van der Waals surface area contributed by atoms with Crippen molar-refractivity contribution in [3.63, 3.8) is 0 Å². The molecule has 2 N–H and O–H groups in total. The highest BCUT2D eigenvalue weighted by atomic mass is 16.5. The predicted octanol–water partition coefficient (Wildman–Crippen LogP) is 5.72. The van der Waals surface area contributed by atoms with Crippen molar-refractivity contribution in [3.05, 3.63) is 12.2 Å². The first kappa shape index (κ1) is 22.7. The highest BCUT2D eigenvalue weighted by Gasteiger charge is 2.33. The molecule has 3 heteroatoms. The second-order valence-corrected chi connectivity index (χ2v) is 8.04. The molecule has 1 heterocycles. The van der Waals surface area contributed by atoms with Gasteiger partial charge in [-0.15, -0.1) is 0 Å². The lowest BCUT2D eigenvalue weighted by Crippen LogP contribution is -2.45. The van der Waals surface area contributed by atoms with Crippen LogP contribution < -0.4 is 5.32 Å². The number of unbranched alkanes of at least 4 members (excludes halogenated alkanes) is 11. The minimum Gasteiger partial charge on any atom is -0.394 e. The second-order valence-electron chi connectivity index (χ2n) is 8.04. The zero-order valence-electron chi connectivity index (χ0n) is 16.9. The van der Waals surface area contributed by atoms with Crippen LogP contribution in [0.25, 0.3) is 0 Å². The third kappa shape index (κ3) is 11.8. The second kappa shape index (κ2) is 14.8. The van der Waals surface area contributed by atoms with Crippen LogP contribution >= 0.6 is 0 Å². The van der Waals surface area contributed by atoms with E-state index in [0.717, 1.165) is 6.42 Å². The van der Waals surface area contributed by atoms with Gasteiger partial charge in [-0.05, 0) is 45.4 Å². The molecule has 0 saturated carbocycles. The molecule has 0 spiro atoms. The summed E-state index contributed by atoms with van der Waals surface area (Å²) in [6.45, 7) is 5.07. The highest BCUT2D eigenvalue weighted by molar-refractivity contribution is 4.88. The number of ether oxygens (including phenoxy) is 1. The molecule has 0 aromatic rings. The van der Waals surface area contributed by atoms with Crippen molar-refractivity contribution in [1.29, 1.82) is 0 Å². The molecule has 0 bridgehead atoms. The Kier molecular flexibility index (Phi) is 13.4. The first-order valence-electron chi connectivity index (χ1n) is 10.9. The normalized spacial score (nSPS) is 23.7. The number of hydrogen-bond donors (Lipinski definition) is 2. The maximum Gasteiger partial charge on any atom is 0.108 e. The Labute approximate surface area is 156 Å². The van der Waals surface area contributed by atoms with Crippen LogP contribution in [0.5, 0.6) is 0 Å². The third-order valence-electron chi connectivity index (χ3n) is 5.19. The van der Waals surface area contributed by atoms with E-state index in [-0.39, 0.29) is 18.4 Å². The number of aliphatic hydroxyl groups is 1. The molecule has 0 aromatic heterocycles. The zero-order valence-corrected chi connectivity index (χ0v) is 16.9. The predicted molar refractivity (Wildman–Crippen MR) is 108 cm³/mol. The summed E-state index contributed by atoms with van der Waals surface area (Å²) in [5.41, 5.74) is -0.230. The molecule has 0 aliphatic carbocycles. The van der Waals surface area contributed by atoms with Gasteiger partial charge in [0.05, 0.1) is 18.8 Å². The summed E-state index contributed by atoms with van der Waals surface area (Å²) < 4.78 is 5.70. The Bertz CT molecular complexity index is 332. The fourth-order valence-electron chi connectivity index (χ4n) is 3.40. The van der Waals surface area contributed by atoms with Crippen LogP contribution in [0.1, 0.15) is 104 Å². The Morgan fingerprint density at radius 1 is 0.920 bits per heavy atom. The van der Waals surface area contributed by atoms with Crippen LogP contribution in [0.2, 0.25) is 0 Å². The summed E-state index contributed by atoms with van der Waals surface area (Å²) in [7, 11) is 0. The molecule has 25 heavy (non-hydrogen) atoms. The molecule has 0 aromatic carbocycles. The van der Waals surface area contributed by atoms with Crippen LogP contribution in [0.15, 0.2) is 12.2 Å². The Hall–Kier alpha value is -0.380. The molecule has 148 valence electrons. The Morgan fingerprint density at radius 3 is 2.04 bits per heavy atom. The molecule has 1 saturated heterocycles. The Balaban J connectivity index is 1.79. The van der Waals surface area contributed by atoms with Crippen molar-refractivity contribution in [2.24, 2.45) is 0 Å².